The highest BCUT2D eigenvalue weighted by Gasteiger charge is 2.24. The molecular formula is C15H25N3OS. The van der Waals surface area contributed by atoms with Gasteiger partial charge in [-0.1, -0.05) is 0 Å². The van der Waals surface area contributed by atoms with Gasteiger partial charge in [0.2, 0.25) is 0 Å². The molecule has 112 valence electrons. The Labute approximate surface area is 125 Å². The van der Waals surface area contributed by atoms with E-state index in [-0.39, 0.29) is 0 Å². The van der Waals surface area contributed by atoms with Crippen molar-refractivity contribution in [2.24, 2.45) is 0 Å². The number of hydrogen-bond acceptors (Lipinski definition) is 5. The molecule has 4 nitrogen and oxygen atoms in total. The quantitative estimate of drug-likeness (QED) is 0.875. The van der Waals surface area contributed by atoms with Crippen LogP contribution in [0.2, 0.25) is 0 Å². The fourth-order valence-electron chi connectivity index (χ4n) is 2.72. The lowest BCUT2D eigenvalue weighted by atomic mass is 10.1. The molecule has 1 aliphatic heterocycles. The van der Waals surface area contributed by atoms with Gasteiger partial charge < -0.3 is 15.0 Å². The number of ether oxygens (including phenoxy) is 1. The lowest BCUT2D eigenvalue weighted by Crippen LogP contribution is -2.39. The predicted octanol–water partition coefficient (Wildman–Crippen LogP) is 2.71. The minimum Gasteiger partial charge on any atom is -0.377 e. The molecule has 0 bridgehead atoms. The van der Waals surface area contributed by atoms with Gasteiger partial charge in [-0.15, -0.1) is 11.3 Å². The maximum absolute atomic E-state index is 5.78. The number of thiazole rings is 1. The normalized spacial score (nSPS) is 23.3. The van der Waals surface area contributed by atoms with Crippen molar-refractivity contribution < 1.29 is 4.74 Å². The maximum atomic E-state index is 5.78. The van der Waals surface area contributed by atoms with E-state index in [0.29, 0.717) is 6.10 Å². The van der Waals surface area contributed by atoms with Crippen LogP contribution in [0.15, 0.2) is 0 Å². The molecule has 1 unspecified atom stereocenters. The molecule has 20 heavy (non-hydrogen) atoms. The van der Waals surface area contributed by atoms with E-state index in [1.807, 2.05) is 11.3 Å². The third-order valence-corrected chi connectivity index (χ3v) is 5.28. The summed E-state index contributed by atoms with van der Waals surface area (Å²) in [5.41, 5.74) is 1.19. The number of hydrogen-bond donors (Lipinski definition) is 1. The van der Waals surface area contributed by atoms with Gasteiger partial charge in [-0.2, -0.15) is 0 Å². The summed E-state index contributed by atoms with van der Waals surface area (Å²) < 4.78 is 5.78. The zero-order chi connectivity index (χ0) is 13.9. The van der Waals surface area contributed by atoms with Crippen LogP contribution < -0.4 is 10.2 Å². The van der Waals surface area contributed by atoms with E-state index in [1.54, 1.807) is 0 Å². The van der Waals surface area contributed by atoms with Crippen LogP contribution in [0, 0.1) is 6.92 Å². The van der Waals surface area contributed by atoms with E-state index >= 15 is 0 Å². The fourth-order valence-corrected chi connectivity index (χ4v) is 3.77. The third-order valence-electron chi connectivity index (χ3n) is 4.06. The molecule has 0 radical (unpaired) electrons. The third kappa shape index (κ3) is 3.51. The first kappa shape index (κ1) is 14.3. The smallest absolute Gasteiger partial charge is 0.185 e. The SMILES string of the molecule is CCOC1CCCN(c2nc(C)c(CNC3CC3)s2)C1. The Kier molecular flexibility index (Phi) is 4.58. The van der Waals surface area contributed by atoms with Gasteiger partial charge in [-0.25, -0.2) is 4.98 Å². The van der Waals surface area contributed by atoms with Gasteiger partial charge in [0.1, 0.15) is 0 Å². The number of rotatable bonds is 6. The fraction of sp³-hybridized carbons (Fsp3) is 0.800. The molecule has 2 heterocycles. The molecule has 1 atom stereocenters. The zero-order valence-corrected chi connectivity index (χ0v) is 13.3. The number of aryl methyl sites for hydroxylation is 1. The van der Waals surface area contributed by atoms with Crippen molar-refractivity contribution in [1.82, 2.24) is 10.3 Å². The second-order valence-corrected chi connectivity index (χ2v) is 6.89. The van der Waals surface area contributed by atoms with E-state index in [4.69, 9.17) is 9.72 Å². The van der Waals surface area contributed by atoms with Gasteiger partial charge in [-0.05, 0) is 39.5 Å². The average Bonchev–Trinajstić information content (AvgIpc) is 3.20. The van der Waals surface area contributed by atoms with Crippen molar-refractivity contribution >= 4 is 16.5 Å². The highest BCUT2D eigenvalue weighted by Crippen LogP contribution is 2.29. The van der Waals surface area contributed by atoms with Gasteiger partial charge in [0.25, 0.3) is 0 Å². The summed E-state index contributed by atoms with van der Waals surface area (Å²) in [5, 5.41) is 4.77. The van der Waals surface area contributed by atoms with Crippen LogP contribution in [0.25, 0.3) is 0 Å². The summed E-state index contributed by atoms with van der Waals surface area (Å²) in [5.74, 6) is 0. The highest BCUT2D eigenvalue weighted by molar-refractivity contribution is 7.15. The van der Waals surface area contributed by atoms with E-state index < -0.39 is 0 Å². The molecule has 1 aromatic rings. The van der Waals surface area contributed by atoms with Crippen molar-refractivity contribution in [1.29, 1.82) is 0 Å². The second kappa shape index (κ2) is 6.41. The first-order chi connectivity index (χ1) is 9.76. The number of piperidine rings is 1. The second-order valence-electron chi connectivity index (χ2n) is 5.83. The van der Waals surface area contributed by atoms with Crippen LogP contribution in [0.1, 0.15) is 43.2 Å². The lowest BCUT2D eigenvalue weighted by molar-refractivity contribution is 0.0526. The number of anilines is 1. The molecule has 1 saturated carbocycles. The van der Waals surface area contributed by atoms with Gasteiger partial charge in [0.15, 0.2) is 5.13 Å². The van der Waals surface area contributed by atoms with E-state index in [2.05, 4.69) is 24.1 Å². The Hall–Kier alpha value is -0.650. The lowest BCUT2D eigenvalue weighted by Gasteiger charge is -2.32. The maximum Gasteiger partial charge on any atom is 0.185 e. The van der Waals surface area contributed by atoms with Gasteiger partial charge in [-0.3, -0.25) is 0 Å². The summed E-state index contributed by atoms with van der Waals surface area (Å²) in [6, 6.07) is 0.761. The van der Waals surface area contributed by atoms with Gasteiger partial charge >= 0.3 is 0 Å². The minimum atomic E-state index is 0.381. The zero-order valence-electron chi connectivity index (χ0n) is 12.5. The molecule has 1 N–H and O–H groups in total. The van der Waals surface area contributed by atoms with Crippen molar-refractivity contribution in [3.05, 3.63) is 10.6 Å². The Morgan fingerprint density at radius 3 is 3.00 bits per heavy atom. The number of aromatic nitrogens is 1. The molecule has 0 aromatic carbocycles. The van der Waals surface area contributed by atoms with Gasteiger partial charge in [0, 0.05) is 37.2 Å². The van der Waals surface area contributed by atoms with E-state index in [9.17, 15) is 0 Å². The number of nitrogens with zero attached hydrogens (tertiary/aromatic N) is 2. The molecule has 2 aliphatic rings. The summed E-state index contributed by atoms with van der Waals surface area (Å²) in [6.45, 7) is 8.12. The Bertz CT molecular complexity index is 442. The largest absolute Gasteiger partial charge is 0.377 e. The van der Waals surface area contributed by atoms with Crippen LogP contribution in [0.3, 0.4) is 0 Å². The Balaban J connectivity index is 1.61. The van der Waals surface area contributed by atoms with Crippen LogP contribution in [0.5, 0.6) is 0 Å². The molecule has 5 heteroatoms. The first-order valence-corrected chi connectivity index (χ1v) is 8.64. The monoisotopic (exact) mass is 295 g/mol. The molecular weight excluding hydrogens is 270 g/mol. The van der Waals surface area contributed by atoms with E-state index in [1.165, 1.54) is 41.4 Å². The van der Waals surface area contributed by atoms with Crippen LogP contribution in [0.4, 0.5) is 5.13 Å². The Morgan fingerprint density at radius 1 is 1.40 bits per heavy atom. The average molecular weight is 295 g/mol. The molecule has 1 saturated heterocycles. The number of nitrogens with one attached hydrogen (secondary N) is 1. The van der Waals surface area contributed by atoms with Crippen LogP contribution in [-0.2, 0) is 11.3 Å². The minimum absolute atomic E-state index is 0.381. The summed E-state index contributed by atoms with van der Waals surface area (Å²) >= 11 is 1.85. The summed E-state index contributed by atoms with van der Waals surface area (Å²) in [6.07, 6.45) is 5.45. The van der Waals surface area contributed by atoms with Crippen molar-refractivity contribution in [2.75, 3.05) is 24.6 Å². The van der Waals surface area contributed by atoms with Crippen molar-refractivity contribution in [2.45, 2.75) is 58.2 Å². The molecule has 1 aromatic heterocycles. The highest BCUT2D eigenvalue weighted by atomic mass is 32.1. The topological polar surface area (TPSA) is 37.4 Å². The van der Waals surface area contributed by atoms with Crippen molar-refractivity contribution in [3.63, 3.8) is 0 Å². The van der Waals surface area contributed by atoms with E-state index in [0.717, 1.165) is 32.3 Å². The first-order valence-electron chi connectivity index (χ1n) is 7.82. The van der Waals surface area contributed by atoms with Gasteiger partial charge in [0.05, 0.1) is 11.8 Å². The molecule has 0 amide bonds. The molecule has 1 aliphatic carbocycles. The Morgan fingerprint density at radius 2 is 2.25 bits per heavy atom. The molecule has 0 spiro atoms. The van der Waals surface area contributed by atoms with Crippen LogP contribution >= 0.6 is 11.3 Å². The predicted molar refractivity (Wildman–Crippen MR) is 83.6 cm³/mol. The molecule has 2 fully saturated rings. The van der Waals surface area contributed by atoms with Crippen LogP contribution in [-0.4, -0.2) is 36.8 Å². The van der Waals surface area contributed by atoms with Crippen molar-refractivity contribution in [3.8, 4) is 0 Å². The molecule has 3 rings (SSSR count). The summed E-state index contributed by atoms with van der Waals surface area (Å²) in [7, 11) is 0. The standard InChI is InChI=1S/C15H25N3OS/c1-3-19-13-5-4-8-18(10-13)15-17-11(2)14(20-15)9-16-12-6-7-12/h12-13,16H,3-10H2,1-2H3. The summed E-state index contributed by atoms with van der Waals surface area (Å²) in [4.78, 5) is 8.57.